The molecule has 6 nitrogen and oxygen atoms in total. The summed E-state index contributed by atoms with van der Waals surface area (Å²) >= 11 is 0. The van der Waals surface area contributed by atoms with Crippen molar-refractivity contribution < 1.29 is 19.1 Å². The third kappa shape index (κ3) is 4.16. The maximum Gasteiger partial charge on any atom is 0.316 e. The van der Waals surface area contributed by atoms with E-state index in [1.54, 1.807) is 0 Å². The number of rotatable bonds is 7. The van der Waals surface area contributed by atoms with Crippen molar-refractivity contribution >= 4 is 22.8 Å². The second-order valence-corrected chi connectivity index (χ2v) is 6.40. The number of ether oxygens (including phenoxy) is 2. The fourth-order valence-electron chi connectivity index (χ4n) is 3.01. The fraction of sp³-hybridized carbons (Fsp3) is 0.286. The van der Waals surface area contributed by atoms with Crippen molar-refractivity contribution in [2.45, 2.75) is 20.0 Å². The molecule has 0 aliphatic carbocycles. The minimum atomic E-state index is -0.801. The monoisotopic (exact) mass is 366 g/mol. The molecule has 0 fully saturated rings. The number of hydrogen-bond acceptors (Lipinski definition) is 5. The Kier molecular flexibility index (Phi) is 5.54. The number of esters is 1. The van der Waals surface area contributed by atoms with Crippen molar-refractivity contribution in [3.63, 3.8) is 0 Å². The predicted molar refractivity (Wildman–Crippen MR) is 101 cm³/mol. The molecule has 0 N–H and O–H groups in total. The normalized spacial score (nSPS) is 12.0. The first kappa shape index (κ1) is 18.6. The van der Waals surface area contributed by atoms with Crippen LogP contribution in [0.15, 0.2) is 48.5 Å². The molecule has 3 aromatic rings. The van der Waals surface area contributed by atoms with Gasteiger partial charge in [0.2, 0.25) is 0 Å². The van der Waals surface area contributed by atoms with E-state index in [4.69, 9.17) is 9.47 Å². The SMILES string of the molecule is COC(=O)C(Cc1cccc(OCc2nc3ccccc3n2C)c1)C(C)=O. The number of fused-ring (bicyclic) bond motifs is 1. The van der Waals surface area contributed by atoms with Crippen LogP contribution in [0.25, 0.3) is 11.0 Å². The highest BCUT2D eigenvalue weighted by molar-refractivity contribution is 5.97. The summed E-state index contributed by atoms with van der Waals surface area (Å²) < 4.78 is 12.6. The first-order chi connectivity index (χ1) is 13.0. The molecule has 1 aromatic heterocycles. The second-order valence-electron chi connectivity index (χ2n) is 6.40. The highest BCUT2D eigenvalue weighted by atomic mass is 16.5. The van der Waals surface area contributed by atoms with Gasteiger partial charge in [0.15, 0.2) is 0 Å². The maximum absolute atomic E-state index is 11.8. The van der Waals surface area contributed by atoms with Crippen LogP contribution in [0.3, 0.4) is 0 Å². The molecule has 27 heavy (non-hydrogen) atoms. The summed E-state index contributed by atoms with van der Waals surface area (Å²) in [5.74, 6) is -0.0593. The van der Waals surface area contributed by atoms with Gasteiger partial charge in [-0.05, 0) is 43.2 Å². The Labute approximate surface area is 157 Å². The molecule has 1 unspecified atom stereocenters. The largest absolute Gasteiger partial charge is 0.486 e. The van der Waals surface area contributed by atoms with Gasteiger partial charge < -0.3 is 14.0 Å². The van der Waals surface area contributed by atoms with Crippen LogP contribution in [0.1, 0.15) is 18.3 Å². The van der Waals surface area contributed by atoms with E-state index < -0.39 is 11.9 Å². The van der Waals surface area contributed by atoms with Crippen molar-refractivity contribution in [1.29, 1.82) is 0 Å². The molecule has 0 aliphatic heterocycles. The molecule has 0 radical (unpaired) electrons. The highest BCUT2D eigenvalue weighted by Crippen LogP contribution is 2.20. The molecule has 0 saturated heterocycles. The number of methoxy groups -OCH3 is 1. The molecular weight excluding hydrogens is 344 g/mol. The van der Waals surface area contributed by atoms with E-state index in [0.29, 0.717) is 12.4 Å². The highest BCUT2D eigenvalue weighted by Gasteiger charge is 2.24. The van der Waals surface area contributed by atoms with Crippen LogP contribution in [0.4, 0.5) is 0 Å². The summed E-state index contributed by atoms with van der Waals surface area (Å²) in [6.45, 7) is 1.72. The van der Waals surface area contributed by atoms with E-state index in [2.05, 4.69) is 4.98 Å². The zero-order valence-electron chi connectivity index (χ0n) is 15.6. The quantitative estimate of drug-likeness (QED) is 0.475. The number of para-hydroxylation sites is 2. The number of benzene rings is 2. The van der Waals surface area contributed by atoms with E-state index >= 15 is 0 Å². The van der Waals surface area contributed by atoms with E-state index in [-0.39, 0.29) is 12.2 Å². The molecular formula is C21H22N2O4. The number of carbonyl (C=O) groups is 2. The number of carbonyl (C=O) groups excluding carboxylic acids is 2. The number of Topliss-reactive ketones (excluding diaryl/α,β-unsaturated/α-hetero) is 1. The Balaban J connectivity index is 1.72. The van der Waals surface area contributed by atoms with Crippen molar-refractivity contribution in [1.82, 2.24) is 9.55 Å². The Morgan fingerprint density at radius 2 is 1.93 bits per heavy atom. The van der Waals surface area contributed by atoms with Crippen molar-refractivity contribution in [3.8, 4) is 5.75 Å². The van der Waals surface area contributed by atoms with Gasteiger partial charge in [0.05, 0.1) is 18.1 Å². The summed E-state index contributed by atoms with van der Waals surface area (Å²) in [5.41, 5.74) is 2.81. The zero-order chi connectivity index (χ0) is 19.4. The minimum Gasteiger partial charge on any atom is -0.486 e. The number of hydrogen-bond donors (Lipinski definition) is 0. The Morgan fingerprint density at radius 3 is 2.63 bits per heavy atom. The molecule has 0 saturated carbocycles. The van der Waals surface area contributed by atoms with Gasteiger partial charge in [0, 0.05) is 7.05 Å². The lowest BCUT2D eigenvalue weighted by Gasteiger charge is -2.12. The molecule has 140 valence electrons. The van der Waals surface area contributed by atoms with E-state index in [1.165, 1.54) is 14.0 Å². The number of aryl methyl sites for hydroxylation is 1. The smallest absolute Gasteiger partial charge is 0.316 e. The summed E-state index contributed by atoms with van der Waals surface area (Å²) in [5, 5.41) is 0. The molecule has 1 heterocycles. The van der Waals surface area contributed by atoms with Crippen molar-refractivity contribution in [3.05, 3.63) is 59.9 Å². The van der Waals surface area contributed by atoms with Gasteiger partial charge in [-0.1, -0.05) is 24.3 Å². The topological polar surface area (TPSA) is 70.4 Å². The Hall–Kier alpha value is -3.15. The summed E-state index contributed by atoms with van der Waals surface area (Å²) in [6, 6.07) is 15.3. The van der Waals surface area contributed by atoms with Gasteiger partial charge >= 0.3 is 5.97 Å². The Bertz CT molecular complexity index is 977. The number of aromatic nitrogens is 2. The lowest BCUT2D eigenvalue weighted by molar-refractivity contribution is -0.148. The van der Waals surface area contributed by atoms with Crippen molar-refractivity contribution in [2.24, 2.45) is 13.0 Å². The molecule has 0 amide bonds. The third-order valence-corrected chi connectivity index (χ3v) is 4.56. The standard InChI is InChI=1S/C21H22N2O4/c1-14(24)17(21(25)26-3)12-15-7-6-8-16(11-15)27-13-20-22-18-9-4-5-10-19(18)23(20)2/h4-11,17H,12-13H2,1-3H3. The molecule has 0 bridgehead atoms. The van der Waals surface area contributed by atoms with E-state index in [9.17, 15) is 9.59 Å². The fourth-order valence-corrected chi connectivity index (χ4v) is 3.01. The molecule has 1 atom stereocenters. The zero-order valence-corrected chi connectivity index (χ0v) is 15.6. The third-order valence-electron chi connectivity index (χ3n) is 4.56. The van der Waals surface area contributed by atoms with Crippen molar-refractivity contribution in [2.75, 3.05) is 7.11 Å². The average molecular weight is 366 g/mol. The van der Waals surface area contributed by atoms with E-state index in [0.717, 1.165) is 22.4 Å². The lowest BCUT2D eigenvalue weighted by atomic mass is 9.96. The van der Waals surface area contributed by atoms with Crippen LogP contribution in [-0.4, -0.2) is 28.4 Å². The number of nitrogens with zero attached hydrogens (tertiary/aromatic N) is 2. The summed E-state index contributed by atoms with van der Waals surface area (Å²) in [7, 11) is 3.24. The molecule has 2 aromatic carbocycles. The first-order valence-electron chi connectivity index (χ1n) is 8.70. The average Bonchev–Trinajstić information content (AvgIpc) is 3.00. The lowest BCUT2D eigenvalue weighted by Crippen LogP contribution is -2.25. The van der Waals surface area contributed by atoms with E-state index in [1.807, 2.05) is 60.1 Å². The van der Waals surface area contributed by atoms with Crippen LogP contribution in [0.2, 0.25) is 0 Å². The van der Waals surface area contributed by atoms with Gasteiger partial charge in [-0.3, -0.25) is 9.59 Å². The predicted octanol–water partition coefficient (Wildman–Crippen LogP) is 3.07. The molecule has 3 rings (SSSR count). The van der Waals surface area contributed by atoms with Crippen LogP contribution >= 0.6 is 0 Å². The van der Waals surface area contributed by atoms with Gasteiger partial charge in [0.25, 0.3) is 0 Å². The Morgan fingerprint density at radius 1 is 1.15 bits per heavy atom. The maximum atomic E-state index is 11.8. The van der Waals surface area contributed by atoms with Crippen LogP contribution < -0.4 is 4.74 Å². The van der Waals surface area contributed by atoms with Gasteiger partial charge in [0.1, 0.15) is 29.9 Å². The molecule has 0 aliphatic rings. The van der Waals surface area contributed by atoms with Gasteiger partial charge in [-0.15, -0.1) is 0 Å². The van der Waals surface area contributed by atoms with Crippen LogP contribution in [0, 0.1) is 5.92 Å². The van der Waals surface area contributed by atoms with Gasteiger partial charge in [-0.2, -0.15) is 0 Å². The minimum absolute atomic E-state index is 0.215. The van der Waals surface area contributed by atoms with Crippen LogP contribution in [-0.2, 0) is 34.4 Å². The summed E-state index contributed by atoms with van der Waals surface area (Å²) in [6.07, 6.45) is 0.283. The first-order valence-corrected chi connectivity index (χ1v) is 8.70. The number of imidazole rings is 1. The summed E-state index contributed by atoms with van der Waals surface area (Å²) in [4.78, 5) is 28.1. The second kappa shape index (κ2) is 8.03. The molecule has 6 heteroatoms. The number of ketones is 1. The van der Waals surface area contributed by atoms with Gasteiger partial charge in [-0.25, -0.2) is 4.98 Å². The van der Waals surface area contributed by atoms with Crippen LogP contribution in [0.5, 0.6) is 5.75 Å². The molecule has 0 spiro atoms.